The number of hydrogen-bond acceptors (Lipinski definition) is 4. The predicted molar refractivity (Wildman–Crippen MR) is 71.0 cm³/mol. The van der Waals surface area contributed by atoms with Gasteiger partial charge in [-0.05, 0) is 25.0 Å². The van der Waals surface area contributed by atoms with Crippen LogP contribution in [0.25, 0.3) is 0 Å². The largest absolute Gasteiger partial charge is 0.387 e. The van der Waals surface area contributed by atoms with E-state index in [1.54, 1.807) is 0 Å². The van der Waals surface area contributed by atoms with Gasteiger partial charge in [0.05, 0.1) is 22.7 Å². The maximum Gasteiger partial charge on any atom is 0.154 e. The summed E-state index contributed by atoms with van der Waals surface area (Å²) in [5, 5.41) is 12.1. The Hall–Kier alpha value is -1.05. The zero-order valence-corrected chi connectivity index (χ0v) is 11.7. The molecule has 0 aromatic heterocycles. The minimum absolute atomic E-state index is 0.0934. The Bertz CT molecular complexity index is 557. The summed E-state index contributed by atoms with van der Waals surface area (Å²) in [7, 11) is -3.06. The van der Waals surface area contributed by atoms with Crippen molar-refractivity contribution in [3.8, 4) is 0 Å². The molecule has 0 radical (unpaired) electrons. The third kappa shape index (κ3) is 3.34. The van der Waals surface area contributed by atoms with E-state index in [1.807, 2.05) is 0 Å². The highest BCUT2D eigenvalue weighted by Gasteiger charge is 2.30. The summed E-state index contributed by atoms with van der Waals surface area (Å²) in [5.41, 5.74) is -0.394. The van der Waals surface area contributed by atoms with Gasteiger partial charge in [-0.2, -0.15) is 0 Å². The molecular weight excluding hydrogens is 288 g/mol. The van der Waals surface area contributed by atoms with Crippen molar-refractivity contribution in [1.82, 2.24) is 5.32 Å². The Kier molecular flexibility index (Phi) is 4.72. The van der Waals surface area contributed by atoms with Gasteiger partial charge < -0.3 is 10.4 Å². The summed E-state index contributed by atoms with van der Waals surface area (Å²) in [6.07, 6.45) is -0.126. The molecule has 112 valence electrons. The van der Waals surface area contributed by atoms with Crippen LogP contribution in [0.1, 0.15) is 24.5 Å². The second kappa shape index (κ2) is 6.15. The van der Waals surface area contributed by atoms with Gasteiger partial charge in [-0.1, -0.05) is 6.07 Å². The topological polar surface area (TPSA) is 66.4 Å². The molecule has 1 aromatic rings. The highest BCUT2D eigenvalue weighted by atomic mass is 32.2. The van der Waals surface area contributed by atoms with E-state index in [1.165, 1.54) is 6.07 Å². The van der Waals surface area contributed by atoms with Crippen LogP contribution in [-0.4, -0.2) is 37.6 Å². The average molecular weight is 305 g/mol. The lowest BCUT2D eigenvalue weighted by Gasteiger charge is -2.15. The first-order valence-corrected chi connectivity index (χ1v) is 8.17. The minimum atomic E-state index is -3.06. The van der Waals surface area contributed by atoms with Crippen molar-refractivity contribution in [2.24, 2.45) is 0 Å². The van der Waals surface area contributed by atoms with Crippen LogP contribution in [0, 0.1) is 11.6 Å². The first-order chi connectivity index (χ1) is 9.42. The monoisotopic (exact) mass is 305 g/mol. The van der Waals surface area contributed by atoms with Crippen LogP contribution in [0.4, 0.5) is 8.78 Å². The zero-order valence-electron chi connectivity index (χ0n) is 10.9. The summed E-state index contributed by atoms with van der Waals surface area (Å²) in [6, 6.07) is 3.37. The highest BCUT2D eigenvalue weighted by molar-refractivity contribution is 7.92. The van der Waals surface area contributed by atoms with Gasteiger partial charge in [-0.3, -0.25) is 0 Å². The van der Waals surface area contributed by atoms with E-state index in [0.717, 1.165) is 12.1 Å². The van der Waals surface area contributed by atoms with Crippen molar-refractivity contribution >= 4 is 9.84 Å². The molecule has 1 fully saturated rings. The molecule has 1 heterocycles. The normalized spacial score (nSPS) is 22.9. The third-order valence-corrected chi connectivity index (χ3v) is 5.78. The van der Waals surface area contributed by atoms with Crippen molar-refractivity contribution in [1.29, 1.82) is 0 Å². The predicted octanol–water partition coefficient (Wildman–Crippen LogP) is 1.16. The molecule has 2 atom stereocenters. The number of halogens is 2. The van der Waals surface area contributed by atoms with Crippen LogP contribution in [-0.2, 0) is 9.84 Å². The number of sulfone groups is 1. The van der Waals surface area contributed by atoms with E-state index in [0.29, 0.717) is 12.8 Å². The molecule has 1 aromatic carbocycles. The van der Waals surface area contributed by atoms with Crippen molar-refractivity contribution in [3.05, 3.63) is 35.4 Å². The number of hydrogen-bond donors (Lipinski definition) is 2. The fourth-order valence-electron chi connectivity index (χ4n) is 2.40. The van der Waals surface area contributed by atoms with Gasteiger partial charge in [0.2, 0.25) is 0 Å². The fraction of sp³-hybridized carbons (Fsp3) is 0.538. The maximum atomic E-state index is 13.4. The van der Waals surface area contributed by atoms with Crippen LogP contribution in [0.2, 0.25) is 0 Å². The lowest BCUT2D eigenvalue weighted by atomic mass is 10.1. The Labute approximate surface area is 116 Å². The lowest BCUT2D eigenvalue weighted by molar-refractivity contribution is 0.165. The number of aliphatic hydroxyl groups excluding tert-OH is 1. The van der Waals surface area contributed by atoms with Gasteiger partial charge >= 0.3 is 0 Å². The lowest BCUT2D eigenvalue weighted by Crippen LogP contribution is -2.33. The molecule has 1 aliphatic rings. The van der Waals surface area contributed by atoms with E-state index in [2.05, 4.69) is 5.32 Å². The van der Waals surface area contributed by atoms with E-state index in [9.17, 15) is 22.3 Å². The molecule has 0 spiro atoms. The van der Waals surface area contributed by atoms with Crippen molar-refractivity contribution < 1.29 is 22.3 Å². The van der Waals surface area contributed by atoms with Crippen molar-refractivity contribution in [2.75, 3.05) is 18.8 Å². The maximum absolute atomic E-state index is 13.4. The molecule has 0 amide bonds. The molecule has 2 rings (SSSR count). The van der Waals surface area contributed by atoms with Crippen LogP contribution in [0.15, 0.2) is 18.2 Å². The first kappa shape index (κ1) is 15.3. The first-order valence-electron chi connectivity index (χ1n) is 6.46. The summed E-state index contributed by atoms with van der Waals surface area (Å²) in [4.78, 5) is 0. The van der Waals surface area contributed by atoms with Gasteiger partial charge in [-0.15, -0.1) is 0 Å². The van der Waals surface area contributed by atoms with Gasteiger partial charge in [0.15, 0.2) is 9.84 Å². The van der Waals surface area contributed by atoms with Gasteiger partial charge in [0.25, 0.3) is 0 Å². The van der Waals surface area contributed by atoms with Crippen LogP contribution < -0.4 is 5.32 Å². The average Bonchev–Trinajstić information content (AvgIpc) is 2.68. The minimum Gasteiger partial charge on any atom is -0.387 e. The molecule has 7 heteroatoms. The number of nitrogens with one attached hydrogen (secondary N) is 1. The fourth-order valence-corrected chi connectivity index (χ4v) is 4.20. The van der Waals surface area contributed by atoms with E-state index in [4.69, 9.17) is 0 Å². The molecule has 0 bridgehead atoms. The van der Waals surface area contributed by atoms with Gasteiger partial charge in [-0.25, -0.2) is 17.2 Å². The molecule has 0 saturated carbocycles. The van der Waals surface area contributed by atoms with E-state index < -0.39 is 38.4 Å². The second-order valence-corrected chi connectivity index (χ2v) is 7.34. The Morgan fingerprint density at radius 2 is 2.00 bits per heavy atom. The van der Waals surface area contributed by atoms with E-state index >= 15 is 0 Å². The highest BCUT2D eigenvalue weighted by Crippen LogP contribution is 2.21. The third-order valence-electron chi connectivity index (χ3n) is 3.51. The summed E-state index contributed by atoms with van der Waals surface area (Å²) >= 11 is 0. The van der Waals surface area contributed by atoms with Gasteiger partial charge in [0.1, 0.15) is 11.6 Å². The molecule has 1 aliphatic heterocycles. The molecule has 4 nitrogen and oxygen atoms in total. The Morgan fingerprint density at radius 1 is 1.35 bits per heavy atom. The summed E-state index contributed by atoms with van der Waals surface area (Å²) in [6.45, 7) is 0.0966. The summed E-state index contributed by atoms with van der Waals surface area (Å²) in [5.74, 6) is -1.44. The quantitative estimate of drug-likeness (QED) is 0.857. The van der Waals surface area contributed by atoms with Crippen LogP contribution in [0.3, 0.4) is 0 Å². The van der Waals surface area contributed by atoms with Crippen LogP contribution >= 0.6 is 0 Å². The Balaban J connectivity index is 1.91. The number of rotatable bonds is 5. The SMILES string of the molecule is O=S1(=O)CCCC1CNCC(O)c1c(F)cccc1F. The van der Waals surface area contributed by atoms with Crippen molar-refractivity contribution in [2.45, 2.75) is 24.2 Å². The Morgan fingerprint density at radius 3 is 2.55 bits per heavy atom. The van der Waals surface area contributed by atoms with Gasteiger partial charge in [0, 0.05) is 13.1 Å². The molecule has 2 unspecified atom stereocenters. The van der Waals surface area contributed by atoms with E-state index in [-0.39, 0.29) is 18.8 Å². The van der Waals surface area contributed by atoms with Crippen molar-refractivity contribution in [3.63, 3.8) is 0 Å². The van der Waals surface area contributed by atoms with Crippen LogP contribution in [0.5, 0.6) is 0 Å². The molecule has 0 aliphatic carbocycles. The number of aliphatic hydroxyl groups is 1. The standard InChI is InChI=1S/C13H17F2NO3S/c14-10-4-1-5-11(15)13(10)12(17)8-16-7-9-3-2-6-20(9,18)19/h1,4-5,9,12,16-17H,2-3,6-8H2. The zero-order chi connectivity index (χ0) is 14.8. The molecule has 2 N–H and O–H groups in total. The second-order valence-electron chi connectivity index (χ2n) is 4.94. The smallest absolute Gasteiger partial charge is 0.154 e. The molecular formula is C13H17F2NO3S. The number of benzene rings is 1. The molecule has 20 heavy (non-hydrogen) atoms. The molecule has 1 saturated heterocycles. The summed E-state index contributed by atoms with van der Waals surface area (Å²) < 4.78 is 50.0.